The van der Waals surface area contributed by atoms with E-state index < -0.39 is 5.97 Å². The van der Waals surface area contributed by atoms with Crippen molar-refractivity contribution >= 4 is 29.2 Å². The van der Waals surface area contributed by atoms with Crippen LogP contribution in [0.2, 0.25) is 10.0 Å². The lowest BCUT2D eigenvalue weighted by molar-refractivity contribution is 0.0735. The van der Waals surface area contributed by atoms with E-state index in [0.717, 1.165) is 0 Å². The fourth-order valence-electron chi connectivity index (χ4n) is 1.30. The van der Waals surface area contributed by atoms with E-state index >= 15 is 0 Å². The van der Waals surface area contributed by atoms with E-state index in [4.69, 9.17) is 27.9 Å². The van der Waals surface area contributed by atoms with E-state index in [1.54, 1.807) is 36.4 Å². The molecule has 0 unspecified atom stereocenters. The topological polar surface area (TPSA) is 26.3 Å². The average molecular weight is 267 g/mol. The van der Waals surface area contributed by atoms with Crippen molar-refractivity contribution in [1.82, 2.24) is 0 Å². The summed E-state index contributed by atoms with van der Waals surface area (Å²) in [6.45, 7) is 0. The van der Waals surface area contributed by atoms with Gasteiger partial charge in [-0.15, -0.1) is 0 Å². The van der Waals surface area contributed by atoms with Crippen LogP contribution in [0.5, 0.6) is 5.75 Å². The molecule has 2 nitrogen and oxygen atoms in total. The van der Waals surface area contributed by atoms with E-state index in [9.17, 15) is 4.79 Å². The van der Waals surface area contributed by atoms with Gasteiger partial charge in [-0.1, -0.05) is 41.4 Å². The molecule has 0 saturated carbocycles. The van der Waals surface area contributed by atoms with Crippen LogP contribution in [0.3, 0.4) is 0 Å². The highest BCUT2D eigenvalue weighted by Gasteiger charge is 2.13. The van der Waals surface area contributed by atoms with Gasteiger partial charge in [-0.2, -0.15) is 0 Å². The fourth-order valence-corrected chi connectivity index (χ4v) is 1.67. The fraction of sp³-hybridized carbons (Fsp3) is 0. The van der Waals surface area contributed by atoms with Crippen molar-refractivity contribution in [3.63, 3.8) is 0 Å². The van der Waals surface area contributed by atoms with Gasteiger partial charge >= 0.3 is 5.97 Å². The molecule has 0 aliphatic carbocycles. The van der Waals surface area contributed by atoms with Gasteiger partial charge in [-0.25, -0.2) is 4.79 Å². The second-order valence-corrected chi connectivity index (χ2v) is 4.17. The molecule has 2 rings (SSSR count). The molecule has 0 aliphatic rings. The average Bonchev–Trinajstić information content (AvgIpc) is 2.33. The molecule has 86 valence electrons. The molecule has 0 aliphatic heterocycles. The zero-order valence-electron chi connectivity index (χ0n) is 8.69. The molecule has 0 heterocycles. The van der Waals surface area contributed by atoms with Crippen LogP contribution >= 0.6 is 23.2 Å². The Labute approximate surface area is 109 Å². The van der Waals surface area contributed by atoms with Gasteiger partial charge in [0.05, 0.1) is 10.6 Å². The Kier molecular flexibility index (Phi) is 3.67. The first-order valence-corrected chi connectivity index (χ1v) is 5.64. The summed E-state index contributed by atoms with van der Waals surface area (Å²) in [5.41, 5.74) is 0.253. The van der Waals surface area contributed by atoms with Gasteiger partial charge in [0, 0.05) is 5.02 Å². The van der Waals surface area contributed by atoms with Crippen LogP contribution in [0.1, 0.15) is 10.4 Å². The summed E-state index contributed by atoms with van der Waals surface area (Å²) < 4.78 is 5.15. The minimum absolute atomic E-state index is 0.253. The maximum absolute atomic E-state index is 11.8. The van der Waals surface area contributed by atoms with Crippen LogP contribution in [-0.4, -0.2) is 5.97 Å². The van der Waals surface area contributed by atoms with Crippen molar-refractivity contribution in [2.75, 3.05) is 0 Å². The summed E-state index contributed by atoms with van der Waals surface area (Å²) in [5.74, 6) is -0.0581. The molecule has 4 heteroatoms. The van der Waals surface area contributed by atoms with Crippen molar-refractivity contribution in [2.24, 2.45) is 0 Å². The van der Waals surface area contributed by atoms with Crippen LogP contribution in [0.15, 0.2) is 48.5 Å². The first-order chi connectivity index (χ1) is 8.16. The lowest BCUT2D eigenvalue weighted by Gasteiger charge is -2.05. The van der Waals surface area contributed by atoms with Crippen LogP contribution in [0, 0.1) is 0 Å². The van der Waals surface area contributed by atoms with Gasteiger partial charge in [0.2, 0.25) is 0 Å². The molecule has 2 aromatic rings. The third kappa shape index (κ3) is 2.99. The smallest absolute Gasteiger partial charge is 0.345 e. The minimum atomic E-state index is -0.524. The van der Waals surface area contributed by atoms with Crippen LogP contribution in [-0.2, 0) is 0 Å². The Morgan fingerprint density at radius 1 is 1.00 bits per heavy atom. The molecule has 0 fully saturated rings. The van der Waals surface area contributed by atoms with Gasteiger partial charge in [0.25, 0.3) is 0 Å². The molecule has 2 aromatic carbocycles. The summed E-state index contributed by atoms with van der Waals surface area (Å²) in [5, 5.41) is 0.754. The van der Waals surface area contributed by atoms with Crippen LogP contribution in [0.25, 0.3) is 0 Å². The standard InChI is InChI=1S/C13H8Cl2O2/c14-9-6-7-12(15)11(8-9)13(16)17-10-4-2-1-3-5-10/h1-8H. The summed E-state index contributed by atoms with van der Waals surface area (Å²) in [7, 11) is 0. The predicted molar refractivity (Wildman–Crippen MR) is 67.9 cm³/mol. The highest BCUT2D eigenvalue weighted by atomic mass is 35.5. The second kappa shape index (κ2) is 5.21. The van der Waals surface area contributed by atoms with E-state index in [1.807, 2.05) is 6.07 Å². The number of hydrogen-bond acceptors (Lipinski definition) is 2. The zero-order valence-corrected chi connectivity index (χ0v) is 10.2. The van der Waals surface area contributed by atoms with Crippen molar-refractivity contribution in [3.05, 3.63) is 64.1 Å². The molecule has 0 radical (unpaired) electrons. The second-order valence-electron chi connectivity index (χ2n) is 3.33. The Morgan fingerprint density at radius 2 is 1.71 bits per heavy atom. The lowest BCUT2D eigenvalue weighted by atomic mass is 10.2. The van der Waals surface area contributed by atoms with Crippen LogP contribution in [0.4, 0.5) is 0 Å². The van der Waals surface area contributed by atoms with E-state index in [0.29, 0.717) is 15.8 Å². The van der Waals surface area contributed by atoms with E-state index in [2.05, 4.69) is 0 Å². The number of carbonyl (C=O) groups excluding carboxylic acids is 1. The van der Waals surface area contributed by atoms with Crippen molar-refractivity contribution in [2.45, 2.75) is 0 Å². The number of benzene rings is 2. The molecule has 0 atom stereocenters. The van der Waals surface area contributed by atoms with Crippen molar-refractivity contribution in [1.29, 1.82) is 0 Å². The van der Waals surface area contributed by atoms with Gasteiger partial charge in [0.15, 0.2) is 0 Å². The van der Waals surface area contributed by atoms with Gasteiger partial charge in [0.1, 0.15) is 5.75 Å². The van der Waals surface area contributed by atoms with Gasteiger partial charge in [-0.05, 0) is 30.3 Å². The molecule has 0 spiro atoms. The van der Waals surface area contributed by atoms with Gasteiger partial charge in [-0.3, -0.25) is 0 Å². The summed E-state index contributed by atoms with van der Waals surface area (Å²) >= 11 is 11.7. The van der Waals surface area contributed by atoms with Crippen molar-refractivity contribution in [3.8, 4) is 5.75 Å². The highest BCUT2D eigenvalue weighted by Crippen LogP contribution is 2.22. The quantitative estimate of drug-likeness (QED) is 0.601. The Hall–Kier alpha value is -1.51. The summed E-state index contributed by atoms with van der Waals surface area (Å²) in [6.07, 6.45) is 0. The third-order valence-corrected chi connectivity index (χ3v) is 2.67. The minimum Gasteiger partial charge on any atom is -0.423 e. The molecular formula is C13H8Cl2O2. The monoisotopic (exact) mass is 266 g/mol. The lowest BCUT2D eigenvalue weighted by Crippen LogP contribution is -2.09. The number of esters is 1. The molecule has 0 saturated heterocycles. The highest BCUT2D eigenvalue weighted by molar-refractivity contribution is 6.35. The number of rotatable bonds is 2. The van der Waals surface area contributed by atoms with Crippen LogP contribution < -0.4 is 4.74 Å². The van der Waals surface area contributed by atoms with E-state index in [1.165, 1.54) is 6.07 Å². The maximum atomic E-state index is 11.8. The molecular weight excluding hydrogens is 259 g/mol. The SMILES string of the molecule is O=C(Oc1ccccc1)c1cc(Cl)ccc1Cl. The normalized spacial score (nSPS) is 10.0. The van der Waals surface area contributed by atoms with Gasteiger partial charge < -0.3 is 4.74 Å². The third-order valence-electron chi connectivity index (χ3n) is 2.10. The molecule has 0 bridgehead atoms. The first-order valence-electron chi connectivity index (χ1n) is 4.89. The van der Waals surface area contributed by atoms with Crippen molar-refractivity contribution < 1.29 is 9.53 Å². The number of hydrogen-bond donors (Lipinski definition) is 0. The Bertz CT molecular complexity index is 538. The maximum Gasteiger partial charge on any atom is 0.345 e. The molecule has 0 amide bonds. The van der Waals surface area contributed by atoms with E-state index in [-0.39, 0.29) is 5.56 Å². The number of halogens is 2. The largest absolute Gasteiger partial charge is 0.423 e. The zero-order chi connectivity index (χ0) is 12.3. The number of carbonyl (C=O) groups is 1. The first kappa shape index (κ1) is 12.0. The number of para-hydroxylation sites is 1. The predicted octanol–water partition coefficient (Wildman–Crippen LogP) is 4.21. The number of ether oxygens (including phenoxy) is 1. The Balaban J connectivity index is 2.23. The molecule has 17 heavy (non-hydrogen) atoms. The molecule has 0 N–H and O–H groups in total. The summed E-state index contributed by atoms with van der Waals surface area (Å²) in [4.78, 5) is 11.8. The Morgan fingerprint density at radius 3 is 2.41 bits per heavy atom. The molecule has 0 aromatic heterocycles. The summed E-state index contributed by atoms with van der Waals surface area (Å²) in [6, 6.07) is 13.4.